The summed E-state index contributed by atoms with van der Waals surface area (Å²) in [5.41, 5.74) is 0. The van der Waals surface area contributed by atoms with Gasteiger partial charge < -0.3 is 32.9 Å². The number of carbonyl (C=O) groups excluding carboxylic acids is 2. The first-order valence-corrected chi connectivity index (χ1v) is 15.2. The summed E-state index contributed by atoms with van der Waals surface area (Å²) >= 11 is 0. The van der Waals surface area contributed by atoms with Crippen LogP contribution in [-0.4, -0.2) is 76.2 Å². The van der Waals surface area contributed by atoms with E-state index < -0.39 is 38.5 Å². The highest BCUT2D eigenvalue weighted by molar-refractivity contribution is 6.74. The predicted molar refractivity (Wildman–Crippen MR) is 124 cm³/mol. The van der Waals surface area contributed by atoms with Crippen molar-refractivity contribution in [3.63, 3.8) is 0 Å². The van der Waals surface area contributed by atoms with Crippen molar-refractivity contribution in [3.8, 4) is 0 Å². The van der Waals surface area contributed by atoms with Crippen LogP contribution in [0.1, 0.15) is 66.7 Å². The number of methoxy groups -OCH3 is 1. The molecule has 3 aliphatic heterocycles. The maximum absolute atomic E-state index is 12.3. The Balaban J connectivity index is 1.87. The third-order valence-corrected chi connectivity index (χ3v) is 12.4. The molecular formula is C24H42O8Si. The first-order chi connectivity index (χ1) is 15.4. The molecule has 3 saturated heterocycles. The second kappa shape index (κ2) is 10.0. The summed E-state index contributed by atoms with van der Waals surface area (Å²) in [5, 5.41) is -0.0520. The fraction of sp³-hybridized carbons (Fsp3) is 0.917. The van der Waals surface area contributed by atoms with E-state index in [1.165, 1.54) is 7.11 Å². The molecule has 0 aromatic heterocycles. The number of rotatable bonds is 8. The number of hydrogen-bond acceptors (Lipinski definition) is 8. The van der Waals surface area contributed by atoms with Crippen LogP contribution in [0.25, 0.3) is 0 Å². The average molecular weight is 487 g/mol. The molecule has 33 heavy (non-hydrogen) atoms. The van der Waals surface area contributed by atoms with Gasteiger partial charge in [-0.05, 0) is 43.8 Å². The molecule has 9 heteroatoms. The topological polar surface area (TPSA) is 89.5 Å². The first kappa shape index (κ1) is 26.8. The number of aldehydes is 1. The maximum Gasteiger partial charge on any atom is 0.308 e. The Hall–Kier alpha value is -0.843. The highest BCUT2D eigenvalue weighted by Gasteiger charge is 2.60. The third kappa shape index (κ3) is 5.38. The van der Waals surface area contributed by atoms with Crippen LogP contribution < -0.4 is 0 Å². The minimum atomic E-state index is -2.24. The van der Waals surface area contributed by atoms with Crippen LogP contribution in [0.3, 0.4) is 0 Å². The molecule has 3 rings (SSSR count). The number of fused-ring (bicyclic) bond motifs is 3. The van der Waals surface area contributed by atoms with Gasteiger partial charge in [-0.1, -0.05) is 34.6 Å². The monoisotopic (exact) mass is 486 g/mol. The Bertz CT molecular complexity index is 701. The quantitative estimate of drug-likeness (QED) is 0.291. The van der Waals surface area contributed by atoms with Gasteiger partial charge in [0.05, 0.1) is 25.7 Å². The van der Waals surface area contributed by atoms with Gasteiger partial charge in [0, 0.05) is 0 Å². The second-order valence-electron chi connectivity index (χ2n) is 11.0. The normalized spacial score (nSPS) is 34.8. The molecule has 0 radical (unpaired) electrons. The van der Waals surface area contributed by atoms with E-state index in [0.29, 0.717) is 25.7 Å². The average Bonchev–Trinajstić information content (AvgIpc) is 3.17. The van der Waals surface area contributed by atoms with E-state index in [0.717, 1.165) is 6.29 Å². The zero-order chi connectivity index (χ0) is 24.6. The van der Waals surface area contributed by atoms with Gasteiger partial charge in [-0.25, -0.2) is 0 Å². The van der Waals surface area contributed by atoms with Gasteiger partial charge >= 0.3 is 5.97 Å². The fourth-order valence-corrected chi connectivity index (χ4v) is 5.95. The van der Waals surface area contributed by atoms with Crippen LogP contribution in [0.2, 0.25) is 18.1 Å². The van der Waals surface area contributed by atoms with E-state index in [1.54, 1.807) is 0 Å². The Kier molecular flexibility index (Phi) is 8.13. The van der Waals surface area contributed by atoms with Gasteiger partial charge in [-0.3, -0.25) is 4.79 Å². The minimum Gasteiger partial charge on any atom is -0.469 e. The van der Waals surface area contributed by atoms with Crippen molar-refractivity contribution >= 4 is 20.6 Å². The largest absolute Gasteiger partial charge is 0.469 e. The predicted octanol–water partition coefficient (Wildman–Crippen LogP) is 3.75. The lowest BCUT2D eigenvalue weighted by Gasteiger charge is -2.48. The molecule has 8 nitrogen and oxygen atoms in total. The number of carbonyl (C=O) groups is 2. The molecule has 0 bridgehead atoms. The van der Waals surface area contributed by atoms with Crippen molar-refractivity contribution in [3.05, 3.63) is 0 Å². The van der Waals surface area contributed by atoms with E-state index in [-0.39, 0.29) is 35.7 Å². The summed E-state index contributed by atoms with van der Waals surface area (Å²) in [6.07, 6.45) is 0.626. The molecule has 0 aliphatic carbocycles. The summed E-state index contributed by atoms with van der Waals surface area (Å²) in [5.74, 6) is -1.05. The highest BCUT2D eigenvalue weighted by atomic mass is 28.4. The highest BCUT2D eigenvalue weighted by Crippen LogP contribution is 2.46. The van der Waals surface area contributed by atoms with E-state index in [4.69, 9.17) is 28.1 Å². The van der Waals surface area contributed by atoms with Crippen molar-refractivity contribution in [1.82, 2.24) is 0 Å². The fourth-order valence-electron chi connectivity index (χ4n) is 4.73. The van der Waals surface area contributed by atoms with E-state index >= 15 is 0 Å². The van der Waals surface area contributed by atoms with Gasteiger partial charge in [-0.15, -0.1) is 0 Å². The Morgan fingerprint density at radius 3 is 2.27 bits per heavy atom. The summed E-state index contributed by atoms with van der Waals surface area (Å²) < 4.78 is 37.2. The van der Waals surface area contributed by atoms with Gasteiger partial charge in [0.25, 0.3) is 0 Å². The standard InChI is InChI=1S/C24H42O8Si/c1-9-24(10-2)30-21-19-16(12-11-15(28-19)13-18(26)27-6)29-20(22(21)31-24)17(14-25)32-33(7,8)23(3,4)5/h14-17,19-22H,9-13H2,1-8H3/t15-,16+,17+,19+,20+,21+,22-/m1/s1. The second-order valence-corrected chi connectivity index (χ2v) is 15.7. The lowest BCUT2D eigenvalue weighted by molar-refractivity contribution is -0.250. The summed E-state index contributed by atoms with van der Waals surface area (Å²) in [6, 6.07) is 0. The molecule has 190 valence electrons. The Morgan fingerprint density at radius 2 is 1.73 bits per heavy atom. The van der Waals surface area contributed by atoms with Crippen molar-refractivity contribution in [2.24, 2.45) is 0 Å². The van der Waals surface area contributed by atoms with E-state index in [9.17, 15) is 9.59 Å². The van der Waals surface area contributed by atoms with Crippen molar-refractivity contribution in [1.29, 1.82) is 0 Å². The number of hydrogen-bond donors (Lipinski definition) is 0. The summed E-state index contributed by atoms with van der Waals surface area (Å²) in [6.45, 7) is 14.7. The molecule has 7 atom stereocenters. The van der Waals surface area contributed by atoms with Crippen LogP contribution in [0.5, 0.6) is 0 Å². The zero-order valence-electron chi connectivity index (χ0n) is 21.4. The molecule has 0 N–H and O–H groups in total. The Labute approximate surface area is 199 Å². The number of esters is 1. The van der Waals surface area contributed by atoms with E-state index in [1.807, 2.05) is 13.8 Å². The number of ether oxygens (including phenoxy) is 5. The van der Waals surface area contributed by atoms with Gasteiger partial charge in [-0.2, -0.15) is 0 Å². The van der Waals surface area contributed by atoms with Gasteiger partial charge in [0.2, 0.25) is 0 Å². The molecule has 0 saturated carbocycles. The van der Waals surface area contributed by atoms with Crippen LogP contribution in [0.15, 0.2) is 0 Å². The first-order valence-electron chi connectivity index (χ1n) is 12.3. The molecule has 0 unspecified atom stereocenters. The van der Waals surface area contributed by atoms with Crippen LogP contribution in [-0.2, 0) is 37.7 Å². The summed E-state index contributed by atoms with van der Waals surface area (Å²) in [7, 11) is -0.857. The van der Waals surface area contributed by atoms with Crippen LogP contribution in [0, 0.1) is 0 Å². The summed E-state index contributed by atoms with van der Waals surface area (Å²) in [4.78, 5) is 24.1. The van der Waals surface area contributed by atoms with Crippen LogP contribution in [0.4, 0.5) is 0 Å². The zero-order valence-corrected chi connectivity index (χ0v) is 22.4. The lowest BCUT2D eigenvalue weighted by Crippen LogP contribution is -2.64. The molecule has 0 aromatic carbocycles. The molecule has 0 spiro atoms. The third-order valence-electron chi connectivity index (χ3n) is 7.89. The molecule has 0 amide bonds. The molecular weight excluding hydrogens is 444 g/mol. The van der Waals surface area contributed by atoms with Gasteiger partial charge in [0.1, 0.15) is 36.8 Å². The molecule has 3 heterocycles. The maximum atomic E-state index is 12.3. The SMILES string of the molecule is CCC1(CC)O[C@@H]2[C@H](O1)[C@H]([C@H](C=O)O[Si](C)(C)C(C)(C)C)O[C@H]1CC[C@H](CC(=O)OC)O[C@H]21. The molecule has 0 aromatic rings. The lowest BCUT2D eigenvalue weighted by atomic mass is 9.87. The van der Waals surface area contributed by atoms with Crippen molar-refractivity contribution in [2.75, 3.05) is 7.11 Å². The minimum absolute atomic E-state index is 0.0520. The van der Waals surface area contributed by atoms with Gasteiger partial charge in [0.15, 0.2) is 14.1 Å². The smallest absolute Gasteiger partial charge is 0.308 e. The van der Waals surface area contributed by atoms with Crippen LogP contribution >= 0.6 is 0 Å². The Morgan fingerprint density at radius 1 is 1.09 bits per heavy atom. The molecule has 3 fully saturated rings. The van der Waals surface area contributed by atoms with Crippen molar-refractivity contribution < 1.29 is 37.7 Å². The van der Waals surface area contributed by atoms with E-state index in [2.05, 4.69) is 33.9 Å². The molecule has 3 aliphatic rings. The van der Waals surface area contributed by atoms with Crippen molar-refractivity contribution in [2.45, 2.75) is 133 Å².